The van der Waals surface area contributed by atoms with Crippen molar-refractivity contribution in [3.63, 3.8) is 0 Å². The summed E-state index contributed by atoms with van der Waals surface area (Å²) in [6, 6.07) is -0.0411. The van der Waals surface area contributed by atoms with Crippen LogP contribution in [0.3, 0.4) is 0 Å². The smallest absolute Gasteiger partial charge is 0.315 e. The highest BCUT2D eigenvalue weighted by Gasteiger charge is 2.15. The van der Waals surface area contributed by atoms with Crippen molar-refractivity contribution in [2.24, 2.45) is 0 Å². The van der Waals surface area contributed by atoms with Crippen LogP contribution in [0.2, 0.25) is 0 Å². The fourth-order valence-electron chi connectivity index (χ4n) is 2.18. The van der Waals surface area contributed by atoms with E-state index in [1.165, 1.54) is 0 Å². The van der Waals surface area contributed by atoms with Gasteiger partial charge in [0, 0.05) is 44.7 Å². The van der Waals surface area contributed by atoms with E-state index in [-0.39, 0.29) is 24.0 Å². The molecule has 1 heterocycles. The topological polar surface area (TPSA) is 82.7 Å². The van der Waals surface area contributed by atoms with Crippen LogP contribution in [0.1, 0.15) is 27.2 Å². The van der Waals surface area contributed by atoms with Crippen molar-refractivity contribution in [3.8, 4) is 0 Å². The van der Waals surface area contributed by atoms with Crippen molar-refractivity contribution in [2.75, 3.05) is 39.4 Å². The lowest BCUT2D eigenvalue weighted by molar-refractivity contribution is -0.121. The van der Waals surface area contributed by atoms with Gasteiger partial charge in [0.05, 0.1) is 13.2 Å². The Kier molecular flexibility index (Phi) is 8.07. The molecule has 1 aliphatic rings. The Morgan fingerprint density at radius 2 is 1.81 bits per heavy atom. The molecule has 1 fully saturated rings. The molecule has 3 amide bonds. The van der Waals surface area contributed by atoms with Gasteiger partial charge in [0.25, 0.3) is 0 Å². The molecule has 21 heavy (non-hydrogen) atoms. The minimum absolute atomic E-state index is 0.0494. The maximum absolute atomic E-state index is 11.7. The van der Waals surface area contributed by atoms with Crippen LogP contribution in [-0.4, -0.2) is 68.3 Å². The molecule has 0 aromatic carbocycles. The number of nitrogens with one attached hydrogen (secondary N) is 3. The molecule has 1 rings (SSSR count). The first kappa shape index (κ1) is 17.7. The predicted octanol–water partition coefficient (Wildman–Crippen LogP) is -0.0790. The van der Waals surface area contributed by atoms with Crippen molar-refractivity contribution in [3.05, 3.63) is 0 Å². The Hall–Kier alpha value is -1.34. The molecule has 3 N–H and O–H groups in total. The van der Waals surface area contributed by atoms with Crippen LogP contribution in [0.25, 0.3) is 0 Å². The zero-order valence-corrected chi connectivity index (χ0v) is 13.3. The molecule has 0 bridgehead atoms. The number of ether oxygens (including phenoxy) is 1. The van der Waals surface area contributed by atoms with Crippen molar-refractivity contribution >= 4 is 11.9 Å². The van der Waals surface area contributed by atoms with E-state index in [1.807, 2.05) is 20.8 Å². The summed E-state index contributed by atoms with van der Waals surface area (Å²) >= 11 is 0. The average Bonchev–Trinajstić information content (AvgIpc) is 2.38. The van der Waals surface area contributed by atoms with Crippen molar-refractivity contribution in [1.82, 2.24) is 20.9 Å². The van der Waals surface area contributed by atoms with E-state index in [2.05, 4.69) is 20.9 Å². The van der Waals surface area contributed by atoms with E-state index in [9.17, 15) is 9.59 Å². The van der Waals surface area contributed by atoms with E-state index in [0.717, 1.165) is 32.8 Å². The summed E-state index contributed by atoms with van der Waals surface area (Å²) in [5.41, 5.74) is 0. The molecule has 0 aromatic rings. The molecule has 1 aliphatic heterocycles. The van der Waals surface area contributed by atoms with Gasteiger partial charge >= 0.3 is 6.03 Å². The lowest BCUT2D eigenvalue weighted by atomic mass is 10.3. The van der Waals surface area contributed by atoms with E-state index >= 15 is 0 Å². The zero-order valence-electron chi connectivity index (χ0n) is 13.3. The fraction of sp³-hybridized carbons (Fsp3) is 0.857. The molecular weight excluding hydrogens is 272 g/mol. The standard InChI is InChI=1S/C14H28N4O3/c1-11(2)16-13(19)4-5-15-14(20)17-12(3)10-18-6-8-21-9-7-18/h11-12H,4-10H2,1-3H3,(H,16,19)(H2,15,17,20). The average molecular weight is 300 g/mol. The Morgan fingerprint density at radius 1 is 1.14 bits per heavy atom. The molecule has 0 aliphatic carbocycles. The molecule has 0 radical (unpaired) electrons. The Bertz CT molecular complexity index is 330. The van der Waals surface area contributed by atoms with Gasteiger partial charge in [-0.25, -0.2) is 4.79 Å². The molecule has 0 saturated carbocycles. The highest BCUT2D eigenvalue weighted by molar-refractivity contribution is 5.78. The first-order valence-electron chi connectivity index (χ1n) is 7.61. The SMILES string of the molecule is CC(C)NC(=O)CCNC(=O)NC(C)CN1CCOCC1. The number of carbonyl (C=O) groups excluding carboxylic acids is 2. The van der Waals surface area contributed by atoms with Crippen molar-refractivity contribution < 1.29 is 14.3 Å². The van der Waals surface area contributed by atoms with Gasteiger partial charge in [0.15, 0.2) is 0 Å². The van der Waals surface area contributed by atoms with Gasteiger partial charge in [-0.05, 0) is 20.8 Å². The van der Waals surface area contributed by atoms with Gasteiger partial charge in [-0.1, -0.05) is 0 Å². The predicted molar refractivity (Wildman–Crippen MR) is 81.2 cm³/mol. The van der Waals surface area contributed by atoms with E-state index in [4.69, 9.17) is 4.74 Å². The monoisotopic (exact) mass is 300 g/mol. The molecule has 7 nitrogen and oxygen atoms in total. The van der Waals surface area contributed by atoms with Crippen molar-refractivity contribution in [2.45, 2.75) is 39.3 Å². The molecule has 0 spiro atoms. The maximum Gasteiger partial charge on any atom is 0.315 e. The van der Waals surface area contributed by atoms with Crippen LogP contribution in [0.15, 0.2) is 0 Å². The normalized spacial score (nSPS) is 17.3. The van der Waals surface area contributed by atoms with Crippen LogP contribution in [0.5, 0.6) is 0 Å². The lowest BCUT2D eigenvalue weighted by Gasteiger charge is -2.29. The number of carbonyl (C=O) groups is 2. The third-order valence-corrected chi connectivity index (χ3v) is 3.10. The van der Waals surface area contributed by atoms with Gasteiger partial charge in [0.1, 0.15) is 0 Å². The second-order valence-corrected chi connectivity index (χ2v) is 5.69. The highest BCUT2D eigenvalue weighted by atomic mass is 16.5. The summed E-state index contributed by atoms with van der Waals surface area (Å²) in [6.07, 6.45) is 0.295. The van der Waals surface area contributed by atoms with E-state index in [1.54, 1.807) is 0 Å². The maximum atomic E-state index is 11.7. The summed E-state index contributed by atoms with van der Waals surface area (Å²) in [4.78, 5) is 25.4. The number of urea groups is 1. The van der Waals surface area contributed by atoms with Gasteiger partial charge in [0.2, 0.25) is 5.91 Å². The number of nitrogens with zero attached hydrogens (tertiary/aromatic N) is 1. The van der Waals surface area contributed by atoms with Gasteiger partial charge in [-0.2, -0.15) is 0 Å². The summed E-state index contributed by atoms with van der Waals surface area (Å²) < 4.78 is 5.29. The minimum Gasteiger partial charge on any atom is -0.379 e. The zero-order chi connectivity index (χ0) is 15.7. The fourth-order valence-corrected chi connectivity index (χ4v) is 2.18. The number of morpholine rings is 1. The van der Waals surface area contributed by atoms with Crippen LogP contribution < -0.4 is 16.0 Å². The molecule has 1 atom stereocenters. The second kappa shape index (κ2) is 9.57. The molecule has 122 valence electrons. The quantitative estimate of drug-likeness (QED) is 0.614. The minimum atomic E-state index is -0.229. The molecular formula is C14H28N4O3. The Labute approximate surface area is 126 Å². The van der Waals surface area contributed by atoms with Crippen molar-refractivity contribution in [1.29, 1.82) is 0 Å². The Morgan fingerprint density at radius 3 is 2.43 bits per heavy atom. The Balaban J connectivity index is 2.10. The number of amides is 3. The molecule has 1 unspecified atom stereocenters. The summed E-state index contributed by atoms with van der Waals surface area (Å²) in [7, 11) is 0. The number of hydrogen-bond donors (Lipinski definition) is 3. The number of hydrogen-bond acceptors (Lipinski definition) is 4. The van der Waals surface area contributed by atoms with Gasteiger partial charge in [-0.3, -0.25) is 9.69 Å². The first-order chi connectivity index (χ1) is 9.97. The van der Waals surface area contributed by atoms with Crippen LogP contribution in [0.4, 0.5) is 4.79 Å². The van der Waals surface area contributed by atoms with Gasteiger partial charge < -0.3 is 20.7 Å². The van der Waals surface area contributed by atoms with Gasteiger partial charge in [-0.15, -0.1) is 0 Å². The highest BCUT2D eigenvalue weighted by Crippen LogP contribution is 1.98. The van der Waals surface area contributed by atoms with E-state index in [0.29, 0.717) is 13.0 Å². The summed E-state index contributed by atoms with van der Waals surface area (Å²) in [5.74, 6) is -0.0494. The molecule has 0 aromatic heterocycles. The van der Waals surface area contributed by atoms with Crippen LogP contribution in [-0.2, 0) is 9.53 Å². The van der Waals surface area contributed by atoms with Crippen LogP contribution in [0, 0.1) is 0 Å². The largest absolute Gasteiger partial charge is 0.379 e. The van der Waals surface area contributed by atoms with Crippen LogP contribution >= 0.6 is 0 Å². The third-order valence-electron chi connectivity index (χ3n) is 3.10. The van der Waals surface area contributed by atoms with E-state index < -0.39 is 0 Å². The third kappa shape index (κ3) is 8.52. The number of rotatable bonds is 7. The second-order valence-electron chi connectivity index (χ2n) is 5.69. The lowest BCUT2D eigenvalue weighted by Crippen LogP contribution is -2.49. The molecule has 7 heteroatoms. The summed E-state index contributed by atoms with van der Waals surface area (Å²) in [5, 5.41) is 8.36. The molecule has 1 saturated heterocycles. The first-order valence-corrected chi connectivity index (χ1v) is 7.61. The summed E-state index contributed by atoms with van der Waals surface area (Å²) in [6.45, 7) is 10.3.